The minimum atomic E-state index is -0.596. The van der Waals surface area contributed by atoms with Gasteiger partial charge in [-0.25, -0.2) is 0 Å². The summed E-state index contributed by atoms with van der Waals surface area (Å²) in [5.41, 5.74) is 5.74. The molecule has 0 saturated carbocycles. The monoisotopic (exact) mass is 239 g/mol. The summed E-state index contributed by atoms with van der Waals surface area (Å²) < 4.78 is 0. The van der Waals surface area contributed by atoms with E-state index in [1.54, 1.807) is 14.0 Å². The maximum absolute atomic E-state index is 11.7. The first-order chi connectivity index (χ1) is 7.97. The number of amides is 2. The van der Waals surface area contributed by atoms with Crippen LogP contribution < -0.4 is 11.1 Å². The number of aromatic nitrogens is 2. The molecule has 0 aliphatic carbocycles. The zero-order valence-corrected chi connectivity index (χ0v) is 10.2. The van der Waals surface area contributed by atoms with E-state index in [1.807, 2.05) is 6.92 Å². The van der Waals surface area contributed by atoms with Crippen molar-refractivity contribution in [2.45, 2.75) is 19.9 Å². The van der Waals surface area contributed by atoms with Crippen molar-refractivity contribution in [3.05, 3.63) is 11.8 Å². The number of hydrogen-bond donors (Lipinski definition) is 3. The highest BCUT2D eigenvalue weighted by atomic mass is 16.2. The number of carbonyl (C=O) groups excluding carboxylic acids is 2. The fourth-order valence-electron chi connectivity index (χ4n) is 1.30. The second kappa shape index (κ2) is 5.33. The summed E-state index contributed by atoms with van der Waals surface area (Å²) in [7, 11) is 1.68. The standard InChI is InChI=1S/C10H17N5O2/c1-4-15(3)10(17)6(2)13-9(16)7-5-12-14-8(7)11/h5-6H,4H2,1-3H3,(H,13,16)(H3,11,12,14). The molecule has 0 aromatic carbocycles. The zero-order chi connectivity index (χ0) is 13.0. The molecule has 0 saturated heterocycles. The number of likely N-dealkylation sites (N-methyl/N-ethyl adjacent to an activating group) is 1. The Bertz CT molecular complexity index is 415. The Hall–Kier alpha value is -2.05. The average Bonchev–Trinajstić information content (AvgIpc) is 2.73. The van der Waals surface area contributed by atoms with Crippen LogP contribution >= 0.6 is 0 Å². The van der Waals surface area contributed by atoms with Crippen molar-refractivity contribution in [1.82, 2.24) is 20.4 Å². The summed E-state index contributed by atoms with van der Waals surface area (Å²) in [6, 6.07) is -0.596. The largest absolute Gasteiger partial charge is 0.383 e. The van der Waals surface area contributed by atoms with Crippen molar-refractivity contribution in [1.29, 1.82) is 0 Å². The normalized spacial score (nSPS) is 11.9. The topological polar surface area (TPSA) is 104 Å². The predicted octanol–water partition coefficient (Wildman–Crippen LogP) is -0.411. The molecule has 0 aliphatic rings. The molecule has 1 heterocycles. The van der Waals surface area contributed by atoms with Crippen molar-refractivity contribution in [2.24, 2.45) is 0 Å². The van der Waals surface area contributed by atoms with Crippen LogP contribution in [0.3, 0.4) is 0 Å². The first-order valence-electron chi connectivity index (χ1n) is 5.32. The smallest absolute Gasteiger partial charge is 0.257 e. The van der Waals surface area contributed by atoms with Gasteiger partial charge in [0.1, 0.15) is 17.4 Å². The van der Waals surface area contributed by atoms with Gasteiger partial charge in [-0.3, -0.25) is 14.7 Å². The number of anilines is 1. The number of nitrogen functional groups attached to an aromatic ring is 1. The van der Waals surface area contributed by atoms with Crippen LogP contribution in [0.1, 0.15) is 24.2 Å². The van der Waals surface area contributed by atoms with Gasteiger partial charge in [-0.15, -0.1) is 0 Å². The van der Waals surface area contributed by atoms with Gasteiger partial charge in [0.2, 0.25) is 5.91 Å². The van der Waals surface area contributed by atoms with Crippen molar-refractivity contribution in [3.63, 3.8) is 0 Å². The molecule has 0 aliphatic heterocycles. The molecule has 1 unspecified atom stereocenters. The van der Waals surface area contributed by atoms with Crippen molar-refractivity contribution in [2.75, 3.05) is 19.3 Å². The summed E-state index contributed by atoms with van der Waals surface area (Å²) in [5.74, 6) is -0.379. The fraction of sp³-hybridized carbons (Fsp3) is 0.500. The molecule has 0 spiro atoms. The van der Waals surface area contributed by atoms with E-state index in [4.69, 9.17) is 5.73 Å². The van der Waals surface area contributed by atoms with Crippen LogP contribution in [0.5, 0.6) is 0 Å². The molecule has 1 aromatic rings. The molecule has 0 fully saturated rings. The van der Waals surface area contributed by atoms with E-state index >= 15 is 0 Å². The van der Waals surface area contributed by atoms with Gasteiger partial charge in [0.25, 0.3) is 5.91 Å². The van der Waals surface area contributed by atoms with Gasteiger partial charge in [-0.2, -0.15) is 5.10 Å². The molecule has 94 valence electrons. The SMILES string of the molecule is CCN(C)C(=O)C(C)NC(=O)c1cn[nH]c1N. The van der Waals surface area contributed by atoms with E-state index in [1.165, 1.54) is 11.1 Å². The van der Waals surface area contributed by atoms with Gasteiger partial charge in [0.05, 0.1) is 6.20 Å². The Labute approximate surface area is 99.4 Å². The maximum atomic E-state index is 11.7. The van der Waals surface area contributed by atoms with Crippen molar-refractivity contribution >= 4 is 17.6 Å². The first kappa shape index (κ1) is 13.0. The van der Waals surface area contributed by atoms with Crippen molar-refractivity contribution < 1.29 is 9.59 Å². The Balaban J connectivity index is 2.64. The van der Waals surface area contributed by atoms with Crippen LogP contribution in [0.2, 0.25) is 0 Å². The first-order valence-corrected chi connectivity index (χ1v) is 5.32. The van der Waals surface area contributed by atoms with Gasteiger partial charge >= 0.3 is 0 Å². The lowest BCUT2D eigenvalue weighted by Gasteiger charge is -2.20. The van der Waals surface area contributed by atoms with E-state index in [2.05, 4.69) is 15.5 Å². The average molecular weight is 239 g/mol. The second-order valence-corrected chi connectivity index (χ2v) is 3.74. The number of carbonyl (C=O) groups is 2. The number of hydrogen-bond acceptors (Lipinski definition) is 4. The van der Waals surface area contributed by atoms with Crippen molar-refractivity contribution in [3.8, 4) is 0 Å². The molecule has 4 N–H and O–H groups in total. The molecular weight excluding hydrogens is 222 g/mol. The van der Waals surface area contributed by atoms with Crippen LogP contribution in [0.15, 0.2) is 6.20 Å². The van der Waals surface area contributed by atoms with E-state index < -0.39 is 11.9 Å². The molecular formula is C10H17N5O2. The summed E-state index contributed by atoms with van der Waals surface area (Å²) in [4.78, 5) is 25.0. The van der Waals surface area contributed by atoms with Gasteiger partial charge < -0.3 is 16.0 Å². The number of nitrogens with two attached hydrogens (primary N) is 1. The third-order valence-corrected chi connectivity index (χ3v) is 2.48. The third kappa shape index (κ3) is 2.96. The van der Waals surface area contributed by atoms with Gasteiger partial charge in [0.15, 0.2) is 0 Å². The van der Waals surface area contributed by atoms with Crippen LogP contribution in [0.25, 0.3) is 0 Å². The molecule has 7 heteroatoms. The molecule has 2 amide bonds. The number of nitrogens with one attached hydrogen (secondary N) is 2. The lowest BCUT2D eigenvalue weighted by molar-refractivity contribution is -0.131. The molecule has 1 atom stereocenters. The Morgan fingerprint density at radius 1 is 1.65 bits per heavy atom. The van der Waals surface area contributed by atoms with Crippen LogP contribution in [0, 0.1) is 0 Å². The number of aromatic amines is 1. The zero-order valence-electron chi connectivity index (χ0n) is 10.2. The highest BCUT2D eigenvalue weighted by Crippen LogP contribution is 2.06. The molecule has 0 bridgehead atoms. The van der Waals surface area contributed by atoms with Gasteiger partial charge in [-0.05, 0) is 13.8 Å². The Kier molecular flexibility index (Phi) is 4.08. The van der Waals surface area contributed by atoms with E-state index in [0.29, 0.717) is 6.54 Å². The van der Waals surface area contributed by atoms with Crippen LogP contribution in [0.4, 0.5) is 5.82 Å². The summed E-state index contributed by atoms with van der Waals surface area (Å²) in [6.45, 7) is 4.08. The number of rotatable bonds is 4. The quantitative estimate of drug-likeness (QED) is 0.664. The highest BCUT2D eigenvalue weighted by Gasteiger charge is 2.20. The lowest BCUT2D eigenvalue weighted by atomic mass is 10.2. The lowest BCUT2D eigenvalue weighted by Crippen LogP contribution is -2.45. The summed E-state index contributed by atoms with van der Waals surface area (Å²) in [5, 5.41) is 8.67. The van der Waals surface area contributed by atoms with Crippen LogP contribution in [-0.4, -0.2) is 46.5 Å². The molecule has 1 aromatic heterocycles. The maximum Gasteiger partial charge on any atom is 0.257 e. The van der Waals surface area contributed by atoms with E-state index in [-0.39, 0.29) is 17.3 Å². The predicted molar refractivity (Wildman–Crippen MR) is 63.2 cm³/mol. The third-order valence-electron chi connectivity index (χ3n) is 2.48. The van der Waals surface area contributed by atoms with Gasteiger partial charge in [0, 0.05) is 13.6 Å². The Morgan fingerprint density at radius 3 is 2.76 bits per heavy atom. The van der Waals surface area contributed by atoms with E-state index in [0.717, 1.165) is 0 Å². The summed E-state index contributed by atoms with van der Waals surface area (Å²) >= 11 is 0. The van der Waals surface area contributed by atoms with Crippen LogP contribution in [-0.2, 0) is 4.79 Å². The van der Waals surface area contributed by atoms with E-state index in [9.17, 15) is 9.59 Å². The van der Waals surface area contributed by atoms with Gasteiger partial charge in [-0.1, -0.05) is 0 Å². The molecule has 17 heavy (non-hydrogen) atoms. The fourth-order valence-corrected chi connectivity index (χ4v) is 1.30. The number of H-pyrrole nitrogens is 1. The number of nitrogens with zero attached hydrogens (tertiary/aromatic N) is 2. The second-order valence-electron chi connectivity index (χ2n) is 3.74. The minimum absolute atomic E-state index is 0.150. The molecule has 1 rings (SSSR count). The highest BCUT2D eigenvalue weighted by molar-refractivity contribution is 6.00. The molecule has 0 radical (unpaired) electrons. The molecule has 7 nitrogen and oxygen atoms in total. The summed E-state index contributed by atoms with van der Waals surface area (Å²) in [6.07, 6.45) is 1.32. The Morgan fingerprint density at radius 2 is 2.29 bits per heavy atom. The minimum Gasteiger partial charge on any atom is -0.383 e.